The van der Waals surface area contributed by atoms with Crippen LogP contribution in [0.4, 0.5) is 13.2 Å². The molecular formula is C15H15F3NP. The maximum absolute atomic E-state index is 12.6. The van der Waals surface area contributed by atoms with Gasteiger partial charge in [-0.1, -0.05) is 48.5 Å². The van der Waals surface area contributed by atoms with Crippen molar-refractivity contribution in [3.63, 3.8) is 0 Å². The Kier molecular flexibility index (Phi) is 4.79. The third-order valence-corrected chi connectivity index (χ3v) is 3.56. The van der Waals surface area contributed by atoms with Gasteiger partial charge in [-0.05, 0) is 17.2 Å². The first-order chi connectivity index (χ1) is 9.47. The molecule has 5 heteroatoms. The van der Waals surface area contributed by atoms with Crippen LogP contribution in [0, 0.1) is 0 Å². The van der Waals surface area contributed by atoms with Crippen LogP contribution in [0.25, 0.3) is 0 Å². The summed E-state index contributed by atoms with van der Waals surface area (Å²) < 4.78 is 37.8. The first-order valence-electron chi connectivity index (χ1n) is 6.17. The summed E-state index contributed by atoms with van der Waals surface area (Å²) in [5, 5.41) is 3.19. The molecule has 1 nitrogen and oxygen atoms in total. The fraction of sp³-hybridized carbons (Fsp3) is 0.200. The van der Waals surface area contributed by atoms with Crippen LogP contribution in [0.3, 0.4) is 0 Å². The zero-order valence-electron chi connectivity index (χ0n) is 10.7. The fourth-order valence-electron chi connectivity index (χ4n) is 1.86. The lowest BCUT2D eigenvalue weighted by molar-refractivity contribution is -0.137. The van der Waals surface area contributed by atoms with Gasteiger partial charge < -0.3 is 5.32 Å². The summed E-state index contributed by atoms with van der Waals surface area (Å²) in [6, 6.07) is 15.1. The van der Waals surface area contributed by atoms with Gasteiger partial charge in [0.05, 0.1) is 5.56 Å². The van der Waals surface area contributed by atoms with E-state index < -0.39 is 11.7 Å². The van der Waals surface area contributed by atoms with Crippen LogP contribution in [0.2, 0.25) is 0 Å². The van der Waals surface area contributed by atoms with E-state index in [2.05, 4.69) is 14.6 Å². The van der Waals surface area contributed by atoms with E-state index in [1.54, 1.807) is 6.07 Å². The minimum atomic E-state index is -4.30. The Labute approximate surface area is 118 Å². The summed E-state index contributed by atoms with van der Waals surface area (Å²) in [6.07, 6.45) is -4.30. The normalized spacial score (nSPS) is 13.2. The highest BCUT2D eigenvalue weighted by Gasteiger charge is 2.30. The monoisotopic (exact) mass is 297 g/mol. The predicted molar refractivity (Wildman–Crippen MR) is 77.2 cm³/mol. The molecule has 0 aromatic heterocycles. The molecule has 2 aromatic carbocycles. The third-order valence-electron chi connectivity index (χ3n) is 2.94. The second-order valence-electron chi connectivity index (χ2n) is 4.47. The molecule has 2 rings (SSSR count). The maximum Gasteiger partial charge on any atom is 0.416 e. The minimum Gasteiger partial charge on any atom is -0.303 e. The Bertz CT molecular complexity index is 555. The molecule has 0 aliphatic heterocycles. The summed E-state index contributed by atoms with van der Waals surface area (Å²) in [6.45, 7) is 0.382. The standard InChI is InChI=1S/C15H15F3NP/c16-15(17,18)13-8-4-5-11(9-13)10-19-14(20)12-6-2-1-3-7-12/h1-9,14,19H,10,20H2. The van der Waals surface area contributed by atoms with Gasteiger partial charge in [0.1, 0.15) is 0 Å². The summed E-state index contributed by atoms with van der Waals surface area (Å²) in [5.74, 6) is 0.00532. The van der Waals surface area contributed by atoms with Crippen molar-refractivity contribution < 1.29 is 13.2 Å². The lowest BCUT2D eigenvalue weighted by atomic mass is 10.1. The quantitative estimate of drug-likeness (QED) is 0.826. The van der Waals surface area contributed by atoms with Gasteiger partial charge in [-0.25, -0.2) is 0 Å². The Morgan fingerprint density at radius 1 is 1.00 bits per heavy atom. The zero-order chi connectivity index (χ0) is 14.6. The number of nitrogens with one attached hydrogen (secondary N) is 1. The first-order valence-corrected chi connectivity index (χ1v) is 6.83. The van der Waals surface area contributed by atoms with Crippen molar-refractivity contribution in [1.82, 2.24) is 5.32 Å². The molecule has 0 bridgehead atoms. The molecule has 0 radical (unpaired) electrons. The molecule has 2 unspecified atom stereocenters. The molecule has 0 saturated carbocycles. The van der Waals surface area contributed by atoms with Gasteiger partial charge in [-0.3, -0.25) is 0 Å². The van der Waals surface area contributed by atoms with E-state index in [1.807, 2.05) is 30.3 Å². The molecular weight excluding hydrogens is 282 g/mol. The van der Waals surface area contributed by atoms with Crippen molar-refractivity contribution in [3.05, 3.63) is 71.3 Å². The highest BCUT2D eigenvalue weighted by Crippen LogP contribution is 2.29. The second kappa shape index (κ2) is 6.38. The first kappa shape index (κ1) is 15.0. The number of hydrogen-bond acceptors (Lipinski definition) is 1. The molecule has 106 valence electrons. The molecule has 2 atom stereocenters. The van der Waals surface area contributed by atoms with Gasteiger partial charge >= 0.3 is 6.18 Å². The number of alkyl halides is 3. The van der Waals surface area contributed by atoms with Crippen LogP contribution in [-0.4, -0.2) is 0 Å². The van der Waals surface area contributed by atoms with Crippen LogP contribution >= 0.6 is 9.24 Å². The summed E-state index contributed by atoms with van der Waals surface area (Å²) in [7, 11) is 2.65. The van der Waals surface area contributed by atoms with Gasteiger partial charge in [0.2, 0.25) is 0 Å². The molecule has 0 saturated heterocycles. The van der Waals surface area contributed by atoms with Crippen molar-refractivity contribution in [2.24, 2.45) is 0 Å². The highest BCUT2D eigenvalue weighted by molar-refractivity contribution is 7.17. The van der Waals surface area contributed by atoms with Crippen molar-refractivity contribution in [3.8, 4) is 0 Å². The zero-order valence-corrected chi connectivity index (χ0v) is 11.8. The van der Waals surface area contributed by atoms with Gasteiger partial charge in [-0.15, -0.1) is 9.24 Å². The molecule has 0 heterocycles. The number of rotatable bonds is 4. The van der Waals surface area contributed by atoms with E-state index in [-0.39, 0.29) is 5.78 Å². The largest absolute Gasteiger partial charge is 0.416 e. The molecule has 2 aromatic rings. The topological polar surface area (TPSA) is 12.0 Å². The third kappa shape index (κ3) is 4.06. The summed E-state index contributed by atoms with van der Waals surface area (Å²) in [4.78, 5) is 0. The molecule has 0 amide bonds. The molecule has 0 aliphatic carbocycles. The Morgan fingerprint density at radius 2 is 1.70 bits per heavy atom. The van der Waals surface area contributed by atoms with Crippen molar-refractivity contribution >= 4 is 9.24 Å². The Hall–Kier alpha value is -1.38. The second-order valence-corrected chi connectivity index (χ2v) is 5.13. The van der Waals surface area contributed by atoms with E-state index in [9.17, 15) is 13.2 Å². The van der Waals surface area contributed by atoms with E-state index in [4.69, 9.17) is 0 Å². The van der Waals surface area contributed by atoms with Gasteiger partial charge in [-0.2, -0.15) is 13.2 Å². The average Bonchev–Trinajstić information content (AvgIpc) is 2.45. The van der Waals surface area contributed by atoms with Crippen molar-refractivity contribution in [2.75, 3.05) is 0 Å². The van der Waals surface area contributed by atoms with Crippen LogP contribution in [0.1, 0.15) is 22.5 Å². The van der Waals surface area contributed by atoms with E-state index in [0.717, 1.165) is 11.6 Å². The van der Waals surface area contributed by atoms with E-state index in [0.29, 0.717) is 12.1 Å². The lowest BCUT2D eigenvalue weighted by Crippen LogP contribution is -2.16. The van der Waals surface area contributed by atoms with Crippen LogP contribution < -0.4 is 5.32 Å². The maximum atomic E-state index is 12.6. The molecule has 20 heavy (non-hydrogen) atoms. The number of benzene rings is 2. The predicted octanol–water partition coefficient (Wildman–Crippen LogP) is 4.37. The molecule has 1 N–H and O–H groups in total. The molecule has 0 aliphatic rings. The van der Waals surface area contributed by atoms with E-state index in [1.165, 1.54) is 12.1 Å². The van der Waals surface area contributed by atoms with Gasteiger partial charge in [0.15, 0.2) is 0 Å². The fourth-order valence-corrected chi connectivity index (χ4v) is 2.20. The SMILES string of the molecule is FC(F)(F)c1cccc(CNC(P)c2ccccc2)c1. The Balaban J connectivity index is 2.01. The van der Waals surface area contributed by atoms with Gasteiger partial charge in [0.25, 0.3) is 0 Å². The van der Waals surface area contributed by atoms with Crippen LogP contribution in [0.5, 0.6) is 0 Å². The van der Waals surface area contributed by atoms with Crippen LogP contribution in [-0.2, 0) is 12.7 Å². The summed E-state index contributed by atoms with van der Waals surface area (Å²) in [5.41, 5.74) is 1.07. The van der Waals surface area contributed by atoms with Crippen LogP contribution in [0.15, 0.2) is 54.6 Å². The Morgan fingerprint density at radius 3 is 2.35 bits per heavy atom. The average molecular weight is 297 g/mol. The van der Waals surface area contributed by atoms with Crippen molar-refractivity contribution in [2.45, 2.75) is 18.5 Å². The molecule has 0 fully saturated rings. The summed E-state index contributed by atoms with van der Waals surface area (Å²) >= 11 is 0. The molecule has 0 spiro atoms. The van der Waals surface area contributed by atoms with Crippen molar-refractivity contribution in [1.29, 1.82) is 0 Å². The highest BCUT2D eigenvalue weighted by atomic mass is 31.0. The van der Waals surface area contributed by atoms with E-state index >= 15 is 0 Å². The number of hydrogen-bond donors (Lipinski definition) is 1. The van der Waals surface area contributed by atoms with Gasteiger partial charge in [0, 0.05) is 12.3 Å². The lowest BCUT2D eigenvalue weighted by Gasteiger charge is -2.15. The number of halogens is 3. The smallest absolute Gasteiger partial charge is 0.303 e. The minimum absolute atomic E-state index is 0.00532.